The molecule has 3 atom stereocenters. The van der Waals surface area contributed by atoms with Crippen molar-refractivity contribution in [3.63, 3.8) is 0 Å². The van der Waals surface area contributed by atoms with Crippen molar-refractivity contribution in [1.29, 1.82) is 0 Å². The summed E-state index contributed by atoms with van der Waals surface area (Å²) in [5.74, 6) is 1.20. The molecule has 0 spiro atoms. The van der Waals surface area contributed by atoms with Gasteiger partial charge in [0, 0.05) is 13.2 Å². The largest absolute Gasteiger partial charge is 0.396 e. The van der Waals surface area contributed by atoms with Crippen molar-refractivity contribution in [2.24, 2.45) is 11.8 Å². The summed E-state index contributed by atoms with van der Waals surface area (Å²) < 4.78 is 5.42. The second kappa shape index (κ2) is 3.35. The quantitative estimate of drug-likeness (QED) is 0.627. The van der Waals surface area contributed by atoms with Crippen LogP contribution < -0.4 is 0 Å². The minimum absolute atomic E-state index is 0.294. The summed E-state index contributed by atoms with van der Waals surface area (Å²) >= 11 is 0. The summed E-state index contributed by atoms with van der Waals surface area (Å²) in [6.07, 6.45) is 1.24. The standard InChI is InChI=1S/C8H16O2/c1-6-5-10-7(2)8(6)3-4-9/h6-9H,3-5H2,1-2H3/t6-,7-,8-/m0/s1. The van der Waals surface area contributed by atoms with Crippen LogP contribution in [-0.4, -0.2) is 24.4 Å². The van der Waals surface area contributed by atoms with Gasteiger partial charge in [0.1, 0.15) is 0 Å². The highest BCUT2D eigenvalue weighted by Gasteiger charge is 2.30. The van der Waals surface area contributed by atoms with E-state index in [0.717, 1.165) is 13.0 Å². The van der Waals surface area contributed by atoms with E-state index in [1.165, 1.54) is 0 Å². The van der Waals surface area contributed by atoms with Crippen LogP contribution in [0.25, 0.3) is 0 Å². The molecule has 0 saturated carbocycles. The first-order valence-electron chi connectivity index (χ1n) is 3.98. The Labute approximate surface area is 62.2 Å². The van der Waals surface area contributed by atoms with Gasteiger partial charge >= 0.3 is 0 Å². The number of aliphatic hydroxyl groups is 1. The Kier molecular flexibility index (Phi) is 2.69. The van der Waals surface area contributed by atoms with Crippen LogP contribution >= 0.6 is 0 Å². The predicted molar refractivity (Wildman–Crippen MR) is 39.8 cm³/mol. The number of rotatable bonds is 2. The van der Waals surface area contributed by atoms with Crippen molar-refractivity contribution < 1.29 is 9.84 Å². The fourth-order valence-electron chi connectivity index (χ4n) is 1.68. The second-order valence-corrected chi connectivity index (χ2v) is 3.19. The summed E-state index contributed by atoms with van der Waals surface area (Å²) in [6.45, 7) is 5.43. The third-order valence-corrected chi connectivity index (χ3v) is 2.42. The van der Waals surface area contributed by atoms with Gasteiger partial charge in [-0.25, -0.2) is 0 Å². The number of aliphatic hydroxyl groups excluding tert-OH is 1. The Morgan fingerprint density at radius 1 is 1.50 bits per heavy atom. The van der Waals surface area contributed by atoms with Crippen LogP contribution in [0.1, 0.15) is 20.3 Å². The molecule has 1 aliphatic heterocycles. The molecular weight excluding hydrogens is 128 g/mol. The lowest BCUT2D eigenvalue weighted by molar-refractivity contribution is 0.0977. The Bertz CT molecular complexity index is 93.4. The fraction of sp³-hybridized carbons (Fsp3) is 1.00. The topological polar surface area (TPSA) is 29.5 Å². The van der Waals surface area contributed by atoms with Crippen molar-refractivity contribution in [3.8, 4) is 0 Å². The van der Waals surface area contributed by atoms with Crippen LogP contribution in [0.15, 0.2) is 0 Å². The molecular formula is C8H16O2. The van der Waals surface area contributed by atoms with Crippen molar-refractivity contribution in [2.45, 2.75) is 26.4 Å². The Morgan fingerprint density at radius 3 is 2.60 bits per heavy atom. The molecule has 0 aliphatic carbocycles. The van der Waals surface area contributed by atoms with Crippen LogP contribution in [0.4, 0.5) is 0 Å². The van der Waals surface area contributed by atoms with Crippen LogP contribution in [0.5, 0.6) is 0 Å². The molecule has 2 nitrogen and oxygen atoms in total. The third-order valence-electron chi connectivity index (χ3n) is 2.42. The van der Waals surface area contributed by atoms with Crippen LogP contribution in [0.3, 0.4) is 0 Å². The predicted octanol–water partition coefficient (Wildman–Crippen LogP) is 1.04. The maximum atomic E-state index is 8.71. The molecule has 1 N–H and O–H groups in total. The summed E-state index contributed by atoms with van der Waals surface area (Å²) in [6, 6.07) is 0. The van der Waals surface area contributed by atoms with E-state index in [0.29, 0.717) is 24.5 Å². The smallest absolute Gasteiger partial charge is 0.0579 e. The van der Waals surface area contributed by atoms with Gasteiger partial charge < -0.3 is 9.84 Å². The van der Waals surface area contributed by atoms with Gasteiger partial charge in [-0.2, -0.15) is 0 Å². The molecule has 0 aromatic heterocycles. The Hall–Kier alpha value is -0.0800. The van der Waals surface area contributed by atoms with Gasteiger partial charge in [0.2, 0.25) is 0 Å². The van der Waals surface area contributed by atoms with Gasteiger partial charge in [0.15, 0.2) is 0 Å². The van der Waals surface area contributed by atoms with Crippen LogP contribution in [0.2, 0.25) is 0 Å². The van der Waals surface area contributed by atoms with E-state index in [-0.39, 0.29) is 0 Å². The lowest BCUT2D eigenvalue weighted by Crippen LogP contribution is -2.17. The molecule has 0 amide bonds. The van der Waals surface area contributed by atoms with Gasteiger partial charge in [-0.15, -0.1) is 0 Å². The monoisotopic (exact) mass is 144 g/mol. The molecule has 10 heavy (non-hydrogen) atoms. The molecule has 0 bridgehead atoms. The molecule has 1 saturated heterocycles. The summed E-state index contributed by atoms with van der Waals surface area (Å²) in [5, 5.41) is 8.71. The fourth-order valence-corrected chi connectivity index (χ4v) is 1.68. The Morgan fingerprint density at radius 2 is 2.20 bits per heavy atom. The van der Waals surface area contributed by atoms with Crippen molar-refractivity contribution in [1.82, 2.24) is 0 Å². The molecule has 1 rings (SSSR count). The van der Waals surface area contributed by atoms with Crippen molar-refractivity contribution >= 4 is 0 Å². The lowest BCUT2D eigenvalue weighted by atomic mass is 9.90. The zero-order chi connectivity index (χ0) is 7.56. The van der Waals surface area contributed by atoms with Crippen molar-refractivity contribution in [3.05, 3.63) is 0 Å². The maximum absolute atomic E-state index is 8.71. The summed E-state index contributed by atoms with van der Waals surface area (Å²) in [5.41, 5.74) is 0. The van der Waals surface area contributed by atoms with Gasteiger partial charge in [-0.1, -0.05) is 6.92 Å². The first-order valence-corrected chi connectivity index (χ1v) is 3.98. The van der Waals surface area contributed by atoms with Crippen LogP contribution in [0, 0.1) is 11.8 Å². The van der Waals surface area contributed by atoms with Gasteiger partial charge in [0.25, 0.3) is 0 Å². The first kappa shape index (κ1) is 8.02. The van der Waals surface area contributed by atoms with E-state index in [4.69, 9.17) is 9.84 Å². The zero-order valence-electron chi connectivity index (χ0n) is 6.71. The van der Waals surface area contributed by atoms with E-state index in [1.54, 1.807) is 0 Å². The average molecular weight is 144 g/mol. The highest BCUT2D eigenvalue weighted by atomic mass is 16.5. The maximum Gasteiger partial charge on any atom is 0.0579 e. The summed E-state index contributed by atoms with van der Waals surface area (Å²) in [7, 11) is 0. The molecule has 1 heterocycles. The molecule has 0 radical (unpaired) electrons. The van der Waals surface area contributed by atoms with Gasteiger partial charge in [0.05, 0.1) is 6.10 Å². The van der Waals surface area contributed by atoms with Crippen LogP contribution in [-0.2, 0) is 4.74 Å². The minimum atomic E-state index is 0.294. The molecule has 2 heteroatoms. The van der Waals surface area contributed by atoms with Gasteiger partial charge in [-0.3, -0.25) is 0 Å². The molecule has 1 fully saturated rings. The molecule has 0 unspecified atom stereocenters. The van der Waals surface area contributed by atoms with E-state index < -0.39 is 0 Å². The third kappa shape index (κ3) is 1.50. The molecule has 60 valence electrons. The second-order valence-electron chi connectivity index (χ2n) is 3.19. The molecule has 0 aromatic carbocycles. The Balaban J connectivity index is 2.38. The highest BCUT2D eigenvalue weighted by molar-refractivity contribution is 4.77. The molecule has 0 aromatic rings. The highest BCUT2D eigenvalue weighted by Crippen LogP contribution is 2.28. The van der Waals surface area contributed by atoms with E-state index in [9.17, 15) is 0 Å². The lowest BCUT2D eigenvalue weighted by Gasteiger charge is -2.15. The van der Waals surface area contributed by atoms with Gasteiger partial charge in [-0.05, 0) is 25.2 Å². The first-order chi connectivity index (χ1) is 4.75. The van der Waals surface area contributed by atoms with E-state index >= 15 is 0 Å². The van der Waals surface area contributed by atoms with E-state index in [1.807, 2.05) is 0 Å². The normalized spacial score (nSPS) is 40.5. The van der Waals surface area contributed by atoms with E-state index in [2.05, 4.69) is 13.8 Å². The molecule has 1 aliphatic rings. The minimum Gasteiger partial charge on any atom is -0.396 e. The number of ether oxygens (including phenoxy) is 1. The van der Waals surface area contributed by atoms with Crippen molar-refractivity contribution in [2.75, 3.05) is 13.2 Å². The number of hydrogen-bond donors (Lipinski definition) is 1. The zero-order valence-corrected chi connectivity index (χ0v) is 6.71. The average Bonchev–Trinajstić information content (AvgIpc) is 2.20. The number of hydrogen-bond acceptors (Lipinski definition) is 2. The SMILES string of the molecule is C[C@@H]1OC[C@H](C)[C@@H]1CCO. The summed E-state index contributed by atoms with van der Waals surface area (Å²) in [4.78, 5) is 0.